The summed E-state index contributed by atoms with van der Waals surface area (Å²) in [5.41, 5.74) is 3.96. The van der Waals surface area contributed by atoms with Gasteiger partial charge in [0.1, 0.15) is 13.2 Å². The Kier molecular flexibility index (Phi) is 6.91. The van der Waals surface area contributed by atoms with Crippen molar-refractivity contribution >= 4 is 18.0 Å². The van der Waals surface area contributed by atoms with Crippen LogP contribution in [0.3, 0.4) is 0 Å². The van der Waals surface area contributed by atoms with Crippen molar-refractivity contribution in [2.45, 2.75) is 51.0 Å². The van der Waals surface area contributed by atoms with E-state index in [4.69, 9.17) is 9.84 Å². The number of nitrogens with one attached hydrogen (secondary N) is 1. The average molecular weight is 465 g/mol. The van der Waals surface area contributed by atoms with Gasteiger partial charge in [-0.25, -0.2) is 4.79 Å². The normalized spacial score (nSPS) is 14.8. The van der Waals surface area contributed by atoms with Gasteiger partial charge in [-0.3, -0.25) is 9.59 Å². The summed E-state index contributed by atoms with van der Waals surface area (Å²) >= 11 is 0. The van der Waals surface area contributed by atoms with Crippen LogP contribution in [0.4, 0.5) is 4.79 Å². The topological polar surface area (TPSA) is 95.9 Å². The van der Waals surface area contributed by atoms with E-state index < -0.39 is 17.6 Å². The van der Waals surface area contributed by atoms with Crippen molar-refractivity contribution in [2.75, 3.05) is 19.7 Å². The van der Waals surface area contributed by atoms with Gasteiger partial charge >= 0.3 is 12.1 Å². The van der Waals surface area contributed by atoms with Crippen LogP contribution in [0.1, 0.15) is 56.6 Å². The molecule has 4 rings (SSSR count). The van der Waals surface area contributed by atoms with Gasteiger partial charge in [0.2, 0.25) is 5.91 Å². The smallest absolute Gasteiger partial charge is 0.407 e. The number of amides is 2. The maximum Gasteiger partial charge on any atom is 0.407 e. The largest absolute Gasteiger partial charge is 0.480 e. The predicted octanol–water partition coefficient (Wildman–Crippen LogP) is 4.41. The fraction of sp³-hybridized carbons (Fsp3) is 0.444. The lowest BCUT2D eigenvalue weighted by Crippen LogP contribution is -2.45. The van der Waals surface area contributed by atoms with E-state index in [1.807, 2.05) is 38.1 Å². The number of nitrogens with zero attached hydrogens (tertiary/aromatic N) is 1. The number of alkyl carbamates (subject to hydrolysis) is 1. The van der Waals surface area contributed by atoms with E-state index in [2.05, 4.69) is 29.6 Å². The summed E-state index contributed by atoms with van der Waals surface area (Å²) in [5, 5.41) is 12.0. The third-order valence-electron chi connectivity index (χ3n) is 6.60. The summed E-state index contributed by atoms with van der Waals surface area (Å²) in [5.74, 6) is -0.813. The molecule has 0 radical (unpaired) electrons. The van der Waals surface area contributed by atoms with Crippen LogP contribution in [0, 0.1) is 5.92 Å². The lowest BCUT2D eigenvalue weighted by Gasteiger charge is -2.28. The number of fused-ring (bicyclic) bond motifs is 3. The molecule has 2 aromatic carbocycles. The number of aliphatic carboxylic acids is 1. The number of carbonyl (C=O) groups excluding carboxylic acids is 2. The summed E-state index contributed by atoms with van der Waals surface area (Å²) in [6.45, 7) is 4.11. The molecule has 0 aliphatic heterocycles. The van der Waals surface area contributed by atoms with E-state index in [-0.39, 0.29) is 31.4 Å². The number of carboxylic acids is 1. The van der Waals surface area contributed by atoms with Crippen LogP contribution in [-0.2, 0) is 14.3 Å². The molecule has 1 fully saturated rings. The molecule has 180 valence electrons. The maximum atomic E-state index is 12.6. The molecular weight excluding hydrogens is 432 g/mol. The first-order valence-corrected chi connectivity index (χ1v) is 11.9. The number of ether oxygens (including phenoxy) is 1. The Morgan fingerprint density at radius 2 is 1.62 bits per heavy atom. The Hall–Kier alpha value is -3.35. The van der Waals surface area contributed by atoms with Crippen molar-refractivity contribution in [3.8, 4) is 11.1 Å². The number of benzene rings is 2. The van der Waals surface area contributed by atoms with Gasteiger partial charge in [0, 0.05) is 24.4 Å². The second-order valence-electron chi connectivity index (χ2n) is 9.95. The Morgan fingerprint density at radius 3 is 2.18 bits per heavy atom. The van der Waals surface area contributed by atoms with Gasteiger partial charge in [0.05, 0.1) is 0 Å². The zero-order valence-electron chi connectivity index (χ0n) is 19.8. The van der Waals surface area contributed by atoms with Crippen LogP contribution in [0.25, 0.3) is 11.1 Å². The number of hydrogen-bond acceptors (Lipinski definition) is 4. The molecule has 2 aliphatic carbocycles. The van der Waals surface area contributed by atoms with Crippen LogP contribution in [0.2, 0.25) is 0 Å². The van der Waals surface area contributed by atoms with Crippen LogP contribution < -0.4 is 5.32 Å². The molecule has 2 aromatic rings. The number of carboxylic acid groups (broad SMARTS) is 1. The molecule has 0 saturated heterocycles. The van der Waals surface area contributed by atoms with Gasteiger partial charge in [-0.05, 0) is 61.3 Å². The third kappa shape index (κ3) is 5.76. The van der Waals surface area contributed by atoms with Crippen LogP contribution in [-0.4, -0.2) is 53.2 Å². The monoisotopic (exact) mass is 464 g/mol. The second kappa shape index (κ2) is 9.87. The highest BCUT2D eigenvalue weighted by atomic mass is 16.5. The minimum Gasteiger partial charge on any atom is -0.480 e. The number of rotatable bonds is 10. The predicted molar refractivity (Wildman–Crippen MR) is 128 cm³/mol. The summed E-state index contributed by atoms with van der Waals surface area (Å²) < 4.78 is 5.62. The van der Waals surface area contributed by atoms with Gasteiger partial charge in [-0.1, -0.05) is 48.5 Å². The van der Waals surface area contributed by atoms with Gasteiger partial charge in [0.15, 0.2) is 0 Å². The van der Waals surface area contributed by atoms with E-state index in [0.29, 0.717) is 18.9 Å². The number of hydrogen-bond donors (Lipinski definition) is 2. The molecule has 0 unspecified atom stereocenters. The molecule has 2 aliphatic rings. The minimum absolute atomic E-state index is 0.0187. The van der Waals surface area contributed by atoms with E-state index in [9.17, 15) is 14.4 Å². The first-order valence-electron chi connectivity index (χ1n) is 11.9. The third-order valence-corrected chi connectivity index (χ3v) is 6.60. The molecule has 0 atom stereocenters. The summed E-state index contributed by atoms with van der Waals surface area (Å²) in [7, 11) is 0. The molecule has 0 heterocycles. The van der Waals surface area contributed by atoms with Crippen molar-refractivity contribution in [1.82, 2.24) is 10.2 Å². The van der Waals surface area contributed by atoms with Crippen molar-refractivity contribution in [3.63, 3.8) is 0 Å². The van der Waals surface area contributed by atoms with Gasteiger partial charge in [-0.15, -0.1) is 0 Å². The molecule has 2 N–H and O–H groups in total. The molecule has 34 heavy (non-hydrogen) atoms. The Morgan fingerprint density at radius 1 is 1.03 bits per heavy atom. The zero-order chi connectivity index (χ0) is 24.3. The second-order valence-corrected chi connectivity index (χ2v) is 9.95. The van der Waals surface area contributed by atoms with Crippen LogP contribution in [0.15, 0.2) is 48.5 Å². The summed E-state index contributed by atoms with van der Waals surface area (Å²) in [6, 6.07) is 16.3. The van der Waals surface area contributed by atoms with Crippen molar-refractivity contribution in [3.05, 3.63) is 59.7 Å². The molecule has 7 heteroatoms. The Balaban J connectivity index is 1.30. The quantitative estimate of drug-likeness (QED) is 0.543. The molecule has 0 aromatic heterocycles. The van der Waals surface area contributed by atoms with Crippen molar-refractivity contribution in [1.29, 1.82) is 0 Å². The highest BCUT2D eigenvalue weighted by Gasteiger charge is 2.31. The molecule has 1 saturated carbocycles. The molecular formula is C27H32N2O5. The average Bonchev–Trinajstić information content (AvgIpc) is 3.55. The molecule has 7 nitrogen and oxygen atoms in total. The lowest BCUT2D eigenvalue weighted by molar-refractivity contribution is -0.144. The van der Waals surface area contributed by atoms with Crippen LogP contribution >= 0.6 is 0 Å². The van der Waals surface area contributed by atoms with E-state index in [1.165, 1.54) is 16.0 Å². The van der Waals surface area contributed by atoms with Crippen molar-refractivity contribution < 1.29 is 24.2 Å². The highest BCUT2D eigenvalue weighted by Crippen LogP contribution is 2.44. The minimum atomic E-state index is -1.01. The zero-order valence-corrected chi connectivity index (χ0v) is 19.8. The SMILES string of the molecule is CC(C)(CCC(=O)N(CC(=O)O)CC1CC1)NC(=O)OCC1c2ccccc2-c2ccccc21. The Labute approximate surface area is 200 Å². The van der Waals surface area contributed by atoms with Crippen molar-refractivity contribution in [2.24, 2.45) is 5.92 Å². The van der Waals surface area contributed by atoms with E-state index in [0.717, 1.165) is 24.0 Å². The van der Waals surface area contributed by atoms with E-state index in [1.54, 1.807) is 0 Å². The first-order chi connectivity index (χ1) is 16.2. The summed E-state index contributed by atoms with van der Waals surface area (Å²) in [6.07, 6.45) is 2.10. The van der Waals surface area contributed by atoms with E-state index >= 15 is 0 Å². The first kappa shape index (κ1) is 23.8. The number of carbonyl (C=O) groups is 3. The summed E-state index contributed by atoms with van der Waals surface area (Å²) in [4.78, 5) is 37.8. The molecule has 2 amide bonds. The highest BCUT2D eigenvalue weighted by molar-refractivity contribution is 5.81. The van der Waals surface area contributed by atoms with Gasteiger partial charge in [0.25, 0.3) is 0 Å². The van der Waals surface area contributed by atoms with Gasteiger partial charge < -0.3 is 20.1 Å². The molecule has 0 spiro atoms. The lowest BCUT2D eigenvalue weighted by atomic mass is 9.97. The van der Waals surface area contributed by atoms with Gasteiger partial charge in [-0.2, -0.15) is 0 Å². The Bertz CT molecular complexity index is 1030. The molecule has 0 bridgehead atoms. The van der Waals surface area contributed by atoms with Crippen LogP contribution in [0.5, 0.6) is 0 Å². The fourth-order valence-electron chi connectivity index (χ4n) is 4.58. The standard InChI is InChI=1S/C27H32N2O5/c1-27(2,14-13-24(30)29(16-25(31)32)15-18-11-12-18)28-26(33)34-17-23-21-9-5-3-7-19(21)20-8-4-6-10-22(20)23/h3-10,18,23H,11-17H2,1-2H3,(H,28,33)(H,31,32). The maximum absolute atomic E-state index is 12.6. The fourth-order valence-corrected chi connectivity index (χ4v) is 4.58.